The third-order valence-electron chi connectivity index (χ3n) is 5.45. The fourth-order valence-corrected chi connectivity index (χ4v) is 4.24. The van der Waals surface area contributed by atoms with Gasteiger partial charge in [-0.2, -0.15) is 21.9 Å². The van der Waals surface area contributed by atoms with Crippen molar-refractivity contribution < 1.29 is 4.84 Å². The van der Waals surface area contributed by atoms with Gasteiger partial charge in [0.15, 0.2) is 5.11 Å². The lowest BCUT2D eigenvalue weighted by molar-refractivity contribution is 0.261. The summed E-state index contributed by atoms with van der Waals surface area (Å²) in [7, 11) is 0. The van der Waals surface area contributed by atoms with Crippen LogP contribution in [0.5, 0.6) is 0 Å². The summed E-state index contributed by atoms with van der Waals surface area (Å²) < 4.78 is 0. The fraction of sp³-hybridized carbons (Fsp3) is 0. The average molecular weight is 388 g/mol. The molecule has 0 saturated heterocycles. The monoisotopic (exact) mass is 388 g/mol. The van der Waals surface area contributed by atoms with Gasteiger partial charge in [-0.05, 0) is 0 Å². The second-order valence-corrected chi connectivity index (χ2v) is 7.04. The van der Waals surface area contributed by atoms with Crippen molar-refractivity contribution in [3.63, 3.8) is 0 Å². The van der Waals surface area contributed by atoms with Crippen LogP contribution in [0, 0.1) is 6.20 Å². The first kappa shape index (κ1) is 19.3. The zero-order chi connectivity index (χ0) is 20.5. The summed E-state index contributed by atoms with van der Waals surface area (Å²) in [4.78, 5) is 4.17. The molecule has 0 spiro atoms. The van der Waals surface area contributed by atoms with E-state index in [1.54, 1.807) is 0 Å². The zero-order valence-corrected chi connectivity index (χ0v) is 16.5. The van der Waals surface area contributed by atoms with Gasteiger partial charge in [0.05, 0.1) is 5.28 Å². The van der Waals surface area contributed by atoms with Gasteiger partial charge in [-0.3, -0.25) is 4.84 Å². The van der Waals surface area contributed by atoms with Crippen molar-refractivity contribution in [2.45, 2.75) is 0 Å². The zero-order valence-electron chi connectivity index (χ0n) is 16.5. The Morgan fingerprint density at radius 3 is 1.03 bits per heavy atom. The number of rotatable bonds is 4. The molecule has 1 aliphatic heterocycles. The highest BCUT2D eigenvalue weighted by Gasteiger charge is 2.30. The molecule has 4 aromatic carbocycles. The smallest absolute Gasteiger partial charge is 0.284 e. The minimum Gasteiger partial charge on any atom is -0.284 e. The van der Waals surface area contributed by atoms with Gasteiger partial charge in [0.2, 0.25) is 0 Å². The predicted octanol–water partition coefficient (Wildman–Crippen LogP) is 3.72. The van der Waals surface area contributed by atoms with Gasteiger partial charge >= 0.3 is 12.5 Å². The fourth-order valence-electron chi connectivity index (χ4n) is 4.24. The highest BCUT2D eigenvalue weighted by atomic mass is 16.6. The van der Waals surface area contributed by atoms with Gasteiger partial charge in [0.25, 0.3) is 0 Å². The molecule has 5 rings (SSSR count). The SMILES string of the molecule is [C+]1=CON=N1.c1ccc([B-](c2ccccc2)(c2ccccc2)c2ccccc2)cc1. The number of hydrogen-bond donors (Lipinski definition) is 0. The predicted molar refractivity (Wildman–Crippen MR) is 124 cm³/mol. The van der Waals surface area contributed by atoms with Gasteiger partial charge < -0.3 is 0 Å². The molecule has 4 aromatic rings. The van der Waals surface area contributed by atoms with E-state index in [1.807, 2.05) is 0 Å². The van der Waals surface area contributed by atoms with Crippen molar-refractivity contribution in [3.8, 4) is 0 Å². The normalized spacial score (nSPS) is 11.7. The van der Waals surface area contributed by atoms with Crippen molar-refractivity contribution in [2.24, 2.45) is 10.4 Å². The van der Waals surface area contributed by atoms with Crippen LogP contribution in [0.4, 0.5) is 0 Å². The van der Waals surface area contributed by atoms with Crippen LogP contribution < -0.4 is 21.9 Å². The average Bonchev–Trinajstić information content (AvgIpc) is 3.43. The van der Waals surface area contributed by atoms with E-state index in [4.69, 9.17) is 0 Å². The Morgan fingerprint density at radius 2 is 0.833 bits per heavy atom. The molecule has 1 aliphatic rings. The van der Waals surface area contributed by atoms with Crippen LogP contribution in [0.25, 0.3) is 0 Å². The minimum absolute atomic E-state index is 1.22. The molecular formula is C26H21BN2O. The molecule has 4 heteroatoms. The Bertz CT molecular complexity index is 925. The van der Waals surface area contributed by atoms with Crippen LogP contribution in [-0.4, -0.2) is 6.15 Å². The topological polar surface area (TPSA) is 34.0 Å². The molecule has 0 amide bonds. The van der Waals surface area contributed by atoms with E-state index >= 15 is 0 Å². The van der Waals surface area contributed by atoms with E-state index in [1.165, 1.54) is 28.1 Å². The van der Waals surface area contributed by atoms with E-state index in [0.29, 0.717) is 0 Å². The van der Waals surface area contributed by atoms with E-state index in [2.05, 4.69) is 143 Å². The maximum atomic E-state index is 4.17. The summed E-state index contributed by atoms with van der Waals surface area (Å²) in [5.74, 6) is 0. The molecule has 0 aliphatic carbocycles. The Hall–Kier alpha value is -4.01. The van der Waals surface area contributed by atoms with Crippen molar-refractivity contribution in [2.75, 3.05) is 0 Å². The molecule has 0 radical (unpaired) electrons. The quantitative estimate of drug-likeness (QED) is 0.388. The van der Waals surface area contributed by atoms with E-state index < -0.39 is 6.15 Å². The first-order valence-electron chi connectivity index (χ1n) is 9.93. The van der Waals surface area contributed by atoms with Crippen LogP contribution in [-0.2, 0) is 4.84 Å². The Labute approximate surface area is 177 Å². The first-order valence-corrected chi connectivity index (χ1v) is 9.93. The number of benzene rings is 4. The summed E-state index contributed by atoms with van der Waals surface area (Å²) in [6.07, 6.45) is 2.40. The van der Waals surface area contributed by atoms with Crippen LogP contribution >= 0.6 is 0 Å². The Balaban J connectivity index is 0.000000383. The van der Waals surface area contributed by atoms with Crippen LogP contribution in [0.1, 0.15) is 0 Å². The van der Waals surface area contributed by atoms with Crippen molar-refractivity contribution in [1.29, 1.82) is 0 Å². The molecule has 144 valence electrons. The minimum atomic E-state index is -1.22. The van der Waals surface area contributed by atoms with Gasteiger partial charge in [-0.1, -0.05) is 121 Å². The van der Waals surface area contributed by atoms with E-state index in [-0.39, 0.29) is 0 Å². The number of nitrogens with zero attached hydrogens (tertiary/aromatic N) is 2. The lowest BCUT2D eigenvalue weighted by Gasteiger charge is -2.44. The lowest BCUT2D eigenvalue weighted by atomic mass is 9.13. The molecule has 3 nitrogen and oxygen atoms in total. The van der Waals surface area contributed by atoms with Crippen molar-refractivity contribution >= 4 is 28.0 Å². The molecule has 0 saturated carbocycles. The van der Waals surface area contributed by atoms with Gasteiger partial charge in [0.1, 0.15) is 6.15 Å². The molecule has 0 unspecified atom stereocenters. The Morgan fingerprint density at radius 1 is 0.500 bits per heavy atom. The van der Waals surface area contributed by atoms with Crippen LogP contribution in [0.2, 0.25) is 0 Å². The number of hydrogen-bond acceptors (Lipinski definition) is 3. The molecule has 1 heterocycles. The third kappa shape index (κ3) is 3.91. The summed E-state index contributed by atoms with van der Waals surface area (Å²) in [5.41, 5.74) is 5.36. The lowest BCUT2D eigenvalue weighted by Crippen LogP contribution is -2.74. The molecular weight excluding hydrogens is 367 g/mol. The standard InChI is InChI=1S/C24H20B.C2HN2O/c1-5-13-21(14-6-1)25(22-15-7-2-8-16-22,23-17-9-3-10-18-23)24-19-11-4-12-20-24;1-2-5-4-3-1/h1-20H;2H/q-1;+1. The van der Waals surface area contributed by atoms with Gasteiger partial charge in [-0.25, -0.2) is 0 Å². The molecule has 0 atom stereocenters. The van der Waals surface area contributed by atoms with Crippen LogP contribution in [0.3, 0.4) is 0 Å². The maximum absolute atomic E-state index is 4.17. The summed E-state index contributed by atoms with van der Waals surface area (Å²) in [6.45, 7) is 0. The molecule has 0 aromatic heterocycles. The summed E-state index contributed by atoms with van der Waals surface area (Å²) >= 11 is 0. The Kier molecular flexibility index (Phi) is 6.09. The van der Waals surface area contributed by atoms with Gasteiger partial charge in [0, 0.05) is 0 Å². The van der Waals surface area contributed by atoms with Gasteiger partial charge in [-0.15, -0.1) is 0 Å². The summed E-state index contributed by atoms with van der Waals surface area (Å²) in [6, 6.07) is 43.5. The second kappa shape index (κ2) is 9.46. The maximum Gasteiger partial charge on any atom is 0.469 e. The van der Waals surface area contributed by atoms with Crippen molar-refractivity contribution in [1.82, 2.24) is 0 Å². The second-order valence-electron chi connectivity index (χ2n) is 7.04. The molecule has 30 heavy (non-hydrogen) atoms. The highest BCUT2D eigenvalue weighted by molar-refractivity contribution is 7.19. The third-order valence-corrected chi connectivity index (χ3v) is 5.45. The van der Waals surface area contributed by atoms with E-state index in [9.17, 15) is 0 Å². The van der Waals surface area contributed by atoms with Crippen molar-refractivity contribution in [3.05, 3.63) is 134 Å². The summed E-state index contributed by atoms with van der Waals surface area (Å²) in [5, 5.41) is 6.22. The molecule has 0 N–H and O–H groups in total. The van der Waals surface area contributed by atoms with Crippen LogP contribution in [0.15, 0.2) is 138 Å². The molecule has 0 fully saturated rings. The largest absolute Gasteiger partial charge is 0.469 e. The first-order chi connectivity index (χ1) is 14.9. The highest BCUT2D eigenvalue weighted by Crippen LogP contribution is 2.09. The van der Waals surface area contributed by atoms with E-state index in [0.717, 1.165) is 0 Å². The molecule has 0 bridgehead atoms.